The maximum atomic E-state index is 13.3. The Hall–Kier alpha value is -3.35. The maximum absolute atomic E-state index is 13.3. The van der Waals surface area contributed by atoms with E-state index in [2.05, 4.69) is 9.98 Å². The highest BCUT2D eigenvalue weighted by atomic mass is 19.1. The number of esters is 1. The number of aliphatic imine (C=N–C) groups is 1. The fourth-order valence-electron chi connectivity index (χ4n) is 2.82. The van der Waals surface area contributed by atoms with Crippen molar-refractivity contribution in [2.75, 3.05) is 0 Å². The molecule has 0 fully saturated rings. The highest BCUT2D eigenvalue weighted by molar-refractivity contribution is 6.22. The topological polar surface area (TPSA) is 77.8 Å². The van der Waals surface area contributed by atoms with Crippen LogP contribution in [0.15, 0.2) is 41.1 Å². The van der Waals surface area contributed by atoms with Gasteiger partial charge in [0.15, 0.2) is 11.5 Å². The minimum atomic E-state index is -0.593. The molecule has 138 valence electrons. The number of halogens is 1. The Morgan fingerprint density at radius 1 is 1.15 bits per heavy atom. The van der Waals surface area contributed by atoms with E-state index in [-0.39, 0.29) is 23.1 Å². The number of allylic oxidation sites excluding steroid dienone is 1. The van der Waals surface area contributed by atoms with Gasteiger partial charge < -0.3 is 9.47 Å². The molecule has 0 aliphatic carbocycles. The molecule has 2 aromatic rings. The molecule has 3 rings (SSSR count). The summed E-state index contributed by atoms with van der Waals surface area (Å²) in [5.74, 6) is -1.08. The van der Waals surface area contributed by atoms with Crippen LogP contribution < -0.4 is 4.74 Å². The highest BCUT2D eigenvalue weighted by Crippen LogP contribution is 2.37. The number of carbonyl (C=O) groups excluding carboxylic acids is 2. The number of rotatable bonds is 2. The first kappa shape index (κ1) is 18.4. The van der Waals surface area contributed by atoms with E-state index < -0.39 is 17.7 Å². The quantitative estimate of drug-likeness (QED) is 0.599. The molecular formula is C20H17FN2O4. The van der Waals surface area contributed by atoms with Gasteiger partial charge in [-0.05, 0) is 49.7 Å². The van der Waals surface area contributed by atoms with E-state index in [1.54, 1.807) is 0 Å². The third-order valence-electron chi connectivity index (χ3n) is 3.79. The molecule has 0 radical (unpaired) electrons. The average Bonchev–Trinajstić information content (AvgIpc) is 2.91. The second-order valence-corrected chi connectivity index (χ2v) is 6.10. The number of aryl methyl sites for hydroxylation is 2. The Morgan fingerprint density at radius 3 is 2.41 bits per heavy atom. The van der Waals surface area contributed by atoms with Crippen molar-refractivity contribution < 1.29 is 23.5 Å². The van der Waals surface area contributed by atoms with Crippen LogP contribution in [0.3, 0.4) is 0 Å². The van der Waals surface area contributed by atoms with Gasteiger partial charge in [0.25, 0.3) is 0 Å². The number of amides is 1. The molecule has 1 aliphatic heterocycles. The molecule has 0 unspecified atom stereocenters. The van der Waals surface area contributed by atoms with Crippen LogP contribution in [0, 0.1) is 19.7 Å². The molecule has 6 nitrogen and oxygen atoms in total. The number of hydrogen-bond donors (Lipinski definition) is 0. The van der Waals surface area contributed by atoms with Crippen molar-refractivity contribution in [1.29, 1.82) is 0 Å². The number of carbonyl (C=O) groups is 2. The zero-order valence-corrected chi connectivity index (χ0v) is 15.3. The first-order chi connectivity index (χ1) is 12.8. The van der Waals surface area contributed by atoms with Crippen LogP contribution in [0.25, 0.3) is 5.76 Å². The summed E-state index contributed by atoms with van der Waals surface area (Å²) in [4.78, 5) is 31.8. The van der Waals surface area contributed by atoms with Crippen molar-refractivity contribution >= 4 is 23.3 Å². The van der Waals surface area contributed by atoms with Crippen LogP contribution in [0.1, 0.15) is 36.2 Å². The van der Waals surface area contributed by atoms with Gasteiger partial charge in [0, 0.05) is 25.1 Å². The number of pyridine rings is 1. The van der Waals surface area contributed by atoms with Crippen molar-refractivity contribution in [2.24, 2.45) is 4.99 Å². The van der Waals surface area contributed by atoms with Crippen LogP contribution in [0.4, 0.5) is 4.39 Å². The lowest BCUT2D eigenvalue weighted by atomic mass is 10.0. The lowest BCUT2D eigenvalue weighted by Crippen LogP contribution is -2.11. The van der Waals surface area contributed by atoms with Gasteiger partial charge in [-0.3, -0.25) is 9.59 Å². The van der Waals surface area contributed by atoms with Gasteiger partial charge in [0.2, 0.25) is 11.8 Å². The molecule has 0 bridgehead atoms. The first-order valence-electron chi connectivity index (χ1n) is 8.21. The molecule has 0 N–H and O–H groups in total. The Kier molecular flexibility index (Phi) is 4.85. The van der Waals surface area contributed by atoms with Crippen molar-refractivity contribution in [2.45, 2.75) is 27.7 Å². The number of hydrogen-bond acceptors (Lipinski definition) is 5. The molecule has 0 saturated carbocycles. The standard InChI is InChI=1S/C20H17FN2O4/c1-10-9-11(2)22-20-16(10)17(23-12(3)24)19(27-20)18(26-13(4)25)14-5-7-15(21)8-6-14/h5-9H,1-4H3/b19-18+,23-17?. The Balaban J connectivity index is 2.29. The zero-order valence-electron chi connectivity index (χ0n) is 15.3. The van der Waals surface area contributed by atoms with Gasteiger partial charge in [-0.15, -0.1) is 0 Å². The smallest absolute Gasteiger partial charge is 0.308 e. The number of fused-ring (bicyclic) bond motifs is 1. The van der Waals surface area contributed by atoms with Crippen molar-refractivity contribution in [3.05, 3.63) is 64.3 Å². The molecule has 1 amide bonds. The third-order valence-corrected chi connectivity index (χ3v) is 3.79. The van der Waals surface area contributed by atoms with Crippen molar-refractivity contribution in [1.82, 2.24) is 4.98 Å². The molecule has 1 aliphatic rings. The summed E-state index contributed by atoms with van der Waals surface area (Å²) in [6, 6.07) is 7.20. The molecule has 2 heterocycles. The summed E-state index contributed by atoms with van der Waals surface area (Å²) >= 11 is 0. The van der Waals surface area contributed by atoms with E-state index in [4.69, 9.17) is 9.47 Å². The average molecular weight is 368 g/mol. The van der Waals surface area contributed by atoms with Gasteiger partial charge >= 0.3 is 5.97 Å². The summed E-state index contributed by atoms with van der Waals surface area (Å²) in [6.45, 7) is 6.20. The second kappa shape index (κ2) is 7.11. The largest absolute Gasteiger partial charge is 0.432 e. The predicted molar refractivity (Wildman–Crippen MR) is 96.6 cm³/mol. The lowest BCUT2D eigenvalue weighted by Gasteiger charge is -2.11. The molecular weight excluding hydrogens is 351 g/mol. The van der Waals surface area contributed by atoms with Crippen LogP contribution in [-0.4, -0.2) is 22.6 Å². The first-order valence-corrected chi connectivity index (χ1v) is 8.21. The van der Waals surface area contributed by atoms with Gasteiger partial charge in [0.1, 0.15) is 11.5 Å². The molecule has 27 heavy (non-hydrogen) atoms. The fraction of sp³-hybridized carbons (Fsp3) is 0.200. The zero-order chi connectivity index (χ0) is 19.7. The molecule has 1 aromatic heterocycles. The maximum Gasteiger partial charge on any atom is 0.308 e. The molecule has 1 aromatic carbocycles. The second-order valence-electron chi connectivity index (χ2n) is 6.10. The van der Waals surface area contributed by atoms with Crippen LogP contribution in [-0.2, 0) is 14.3 Å². The van der Waals surface area contributed by atoms with E-state index in [1.807, 2.05) is 19.9 Å². The van der Waals surface area contributed by atoms with E-state index >= 15 is 0 Å². The highest BCUT2D eigenvalue weighted by Gasteiger charge is 2.34. The van der Waals surface area contributed by atoms with Crippen LogP contribution >= 0.6 is 0 Å². The van der Waals surface area contributed by atoms with E-state index in [1.165, 1.54) is 38.1 Å². The van der Waals surface area contributed by atoms with Crippen molar-refractivity contribution in [3.63, 3.8) is 0 Å². The number of aromatic nitrogens is 1. The monoisotopic (exact) mass is 368 g/mol. The normalized spacial score (nSPS) is 16.0. The summed E-state index contributed by atoms with van der Waals surface area (Å²) in [6.07, 6.45) is 0. The SMILES string of the molecule is CC(=O)N=C1/C(=C(\OC(C)=O)c2ccc(F)cc2)Oc2nc(C)cc(C)c21. The summed E-state index contributed by atoms with van der Waals surface area (Å²) in [7, 11) is 0. The van der Waals surface area contributed by atoms with Crippen molar-refractivity contribution in [3.8, 4) is 5.88 Å². The van der Waals surface area contributed by atoms with E-state index in [0.29, 0.717) is 11.1 Å². The molecule has 0 spiro atoms. The van der Waals surface area contributed by atoms with Gasteiger partial charge in [-0.2, -0.15) is 0 Å². The van der Waals surface area contributed by atoms with Gasteiger partial charge in [-0.25, -0.2) is 14.4 Å². The summed E-state index contributed by atoms with van der Waals surface area (Å²) in [5, 5.41) is 0. The van der Waals surface area contributed by atoms with Gasteiger partial charge in [0.05, 0.1) is 5.56 Å². The fourth-order valence-corrected chi connectivity index (χ4v) is 2.82. The molecule has 7 heteroatoms. The Bertz CT molecular complexity index is 1010. The number of nitrogens with zero attached hydrogens (tertiary/aromatic N) is 2. The molecule has 0 saturated heterocycles. The van der Waals surface area contributed by atoms with E-state index in [9.17, 15) is 14.0 Å². The van der Waals surface area contributed by atoms with Crippen LogP contribution in [0.2, 0.25) is 0 Å². The van der Waals surface area contributed by atoms with Gasteiger partial charge in [-0.1, -0.05) is 0 Å². The molecule has 0 atom stereocenters. The predicted octanol–water partition coefficient (Wildman–Crippen LogP) is 3.50. The summed E-state index contributed by atoms with van der Waals surface area (Å²) in [5.41, 5.74) is 2.72. The number of benzene rings is 1. The number of ether oxygens (including phenoxy) is 2. The van der Waals surface area contributed by atoms with E-state index in [0.717, 1.165) is 11.3 Å². The lowest BCUT2D eigenvalue weighted by molar-refractivity contribution is -0.134. The Labute approximate surface area is 155 Å². The third kappa shape index (κ3) is 3.76. The minimum Gasteiger partial charge on any atom is -0.432 e. The van der Waals surface area contributed by atoms with Crippen LogP contribution in [0.5, 0.6) is 5.88 Å². The summed E-state index contributed by atoms with van der Waals surface area (Å²) < 4.78 is 24.5. The Morgan fingerprint density at radius 2 is 1.81 bits per heavy atom. The minimum absolute atomic E-state index is 0.0394.